The zero-order valence-corrected chi connectivity index (χ0v) is 28.8. The molecule has 9 atom stereocenters. The molecule has 2 saturated heterocycles. The highest BCUT2D eigenvalue weighted by Gasteiger charge is 2.50. The van der Waals surface area contributed by atoms with Crippen LogP contribution in [0.5, 0.6) is 0 Å². The molecule has 0 saturated carbocycles. The normalized spacial score (nSPS) is 31.5. The fourth-order valence-corrected chi connectivity index (χ4v) is 6.85. The van der Waals surface area contributed by atoms with E-state index in [0.717, 1.165) is 12.0 Å². The molecular formula is C35H56O11. The van der Waals surface area contributed by atoms with E-state index < -0.39 is 41.9 Å². The van der Waals surface area contributed by atoms with Crippen LogP contribution < -0.4 is 0 Å². The first kappa shape index (κ1) is 38.3. The lowest BCUT2D eigenvalue weighted by molar-refractivity contribution is -0.232. The molecule has 2 aliphatic heterocycles. The van der Waals surface area contributed by atoms with E-state index in [1.54, 1.807) is 14.2 Å². The van der Waals surface area contributed by atoms with Crippen molar-refractivity contribution in [2.75, 3.05) is 41.7 Å². The van der Waals surface area contributed by atoms with E-state index in [9.17, 15) is 9.59 Å². The Morgan fingerprint density at radius 2 is 1.70 bits per heavy atom. The Morgan fingerprint density at radius 1 is 1.00 bits per heavy atom. The number of methoxy groups -OCH3 is 3. The van der Waals surface area contributed by atoms with Gasteiger partial charge >= 0.3 is 11.9 Å². The maximum Gasteiger partial charge on any atom is 0.312 e. The molecule has 0 amide bonds. The Hall–Kier alpha value is -2.12. The smallest absolute Gasteiger partial charge is 0.312 e. The number of ether oxygens (including phenoxy) is 9. The Kier molecular flexibility index (Phi) is 16.4. The summed E-state index contributed by atoms with van der Waals surface area (Å²) in [6, 6.07) is 9.91. The average molecular weight is 653 g/mol. The lowest BCUT2D eigenvalue weighted by atomic mass is 9.83. The maximum absolute atomic E-state index is 13.2. The van der Waals surface area contributed by atoms with Crippen molar-refractivity contribution in [1.29, 1.82) is 0 Å². The Balaban J connectivity index is 2.00. The van der Waals surface area contributed by atoms with Crippen LogP contribution in [0.15, 0.2) is 30.3 Å². The van der Waals surface area contributed by atoms with Crippen LogP contribution in [0.2, 0.25) is 0 Å². The van der Waals surface area contributed by atoms with E-state index in [1.807, 2.05) is 44.2 Å². The minimum Gasteiger partial charge on any atom is -0.469 e. The average Bonchev–Trinajstić information content (AvgIpc) is 3.35. The number of hydrogen-bond donors (Lipinski definition) is 0. The van der Waals surface area contributed by atoms with Gasteiger partial charge in [0.1, 0.15) is 32.6 Å². The third-order valence-corrected chi connectivity index (χ3v) is 9.11. The maximum atomic E-state index is 13.2. The minimum atomic E-state index is -0.772. The summed E-state index contributed by atoms with van der Waals surface area (Å²) in [5.74, 6) is -1.66. The van der Waals surface area contributed by atoms with Crippen LogP contribution in [0, 0.1) is 17.8 Å². The Labute approximate surface area is 274 Å². The number of benzene rings is 1. The van der Waals surface area contributed by atoms with Crippen molar-refractivity contribution in [3.8, 4) is 0 Å². The first-order chi connectivity index (χ1) is 22.2. The SMILES string of the molecule is CCC[C@@H](C(=O)OC)[C@H]1C[C@@H](OCOC)[C@H](C)C(OCOC)[C@H](OCOCc2ccccc2)[C@@H]2O[C@@](C)(CCCC(=O)O1)C[C@@H]2C. The molecule has 2 heterocycles. The lowest BCUT2D eigenvalue weighted by Gasteiger charge is -2.40. The summed E-state index contributed by atoms with van der Waals surface area (Å²) in [6.45, 7) is 8.63. The molecule has 0 aromatic heterocycles. The van der Waals surface area contributed by atoms with Gasteiger partial charge in [0, 0.05) is 33.0 Å². The van der Waals surface area contributed by atoms with Gasteiger partial charge < -0.3 is 42.6 Å². The van der Waals surface area contributed by atoms with E-state index >= 15 is 0 Å². The predicted octanol–water partition coefficient (Wildman–Crippen LogP) is 5.42. The van der Waals surface area contributed by atoms with Crippen LogP contribution in [0.1, 0.15) is 78.2 Å². The zero-order valence-electron chi connectivity index (χ0n) is 28.8. The number of hydrogen-bond acceptors (Lipinski definition) is 11. The molecule has 0 N–H and O–H groups in total. The quantitative estimate of drug-likeness (QED) is 0.137. The highest BCUT2D eigenvalue weighted by Crippen LogP contribution is 2.42. The highest BCUT2D eigenvalue weighted by molar-refractivity contribution is 5.74. The standard InChI is InChI=1S/C35H56O11/c1-8-13-27(34(37)40-7)29-18-28(42-21-38-5)25(3)32(43-22-39-6)33(44-23-41-20-26-14-10-9-11-15-26)31-24(2)19-35(4,46-31)17-12-16-30(36)45-29/h9-11,14-15,24-25,27-29,31-33H,8,12-13,16-23H2,1-7H3/t24-,25-,27+,28+,29+,31+,32?,33+,35-/m0/s1. The lowest BCUT2D eigenvalue weighted by Crippen LogP contribution is -2.51. The fraction of sp³-hybridized carbons (Fsp3) is 0.771. The van der Waals surface area contributed by atoms with Crippen molar-refractivity contribution in [3.05, 3.63) is 35.9 Å². The van der Waals surface area contributed by atoms with Crippen LogP contribution in [-0.4, -0.2) is 89.8 Å². The highest BCUT2D eigenvalue weighted by atomic mass is 16.7. The predicted molar refractivity (Wildman–Crippen MR) is 169 cm³/mol. The summed E-state index contributed by atoms with van der Waals surface area (Å²) >= 11 is 0. The van der Waals surface area contributed by atoms with Gasteiger partial charge in [0.2, 0.25) is 0 Å². The number of carbonyl (C=O) groups is 2. The van der Waals surface area contributed by atoms with Crippen molar-refractivity contribution < 1.29 is 52.2 Å². The molecule has 1 unspecified atom stereocenters. The summed E-state index contributed by atoms with van der Waals surface area (Å²) < 4.78 is 53.9. The zero-order chi connectivity index (χ0) is 33.5. The van der Waals surface area contributed by atoms with Crippen LogP contribution in [0.4, 0.5) is 0 Å². The summed E-state index contributed by atoms with van der Waals surface area (Å²) in [4.78, 5) is 26.2. The monoisotopic (exact) mass is 652 g/mol. The van der Waals surface area contributed by atoms with E-state index in [1.165, 1.54) is 7.11 Å². The van der Waals surface area contributed by atoms with E-state index in [2.05, 4.69) is 13.8 Å². The van der Waals surface area contributed by atoms with Crippen molar-refractivity contribution in [1.82, 2.24) is 0 Å². The molecule has 3 rings (SSSR count). The molecule has 11 nitrogen and oxygen atoms in total. The number of esters is 2. The largest absolute Gasteiger partial charge is 0.469 e. The number of rotatable bonds is 15. The molecule has 1 aromatic carbocycles. The van der Waals surface area contributed by atoms with E-state index in [0.29, 0.717) is 32.3 Å². The minimum absolute atomic E-state index is 0.00808. The molecule has 11 heteroatoms. The van der Waals surface area contributed by atoms with Gasteiger partial charge in [-0.1, -0.05) is 57.5 Å². The fourth-order valence-electron chi connectivity index (χ4n) is 6.85. The van der Waals surface area contributed by atoms with Crippen molar-refractivity contribution in [3.63, 3.8) is 0 Å². The second-order valence-corrected chi connectivity index (χ2v) is 12.8. The second kappa shape index (κ2) is 19.6. The first-order valence-corrected chi connectivity index (χ1v) is 16.6. The molecule has 262 valence electrons. The number of fused-ring (bicyclic) bond motifs is 2. The van der Waals surface area contributed by atoms with Crippen molar-refractivity contribution in [2.24, 2.45) is 17.8 Å². The first-order valence-electron chi connectivity index (χ1n) is 16.6. The summed E-state index contributed by atoms with van der Waals surface area (Å²) in [5.41, 5.74) is 0.564. The summed E-state index contributed by atoms with van der Waals surface area (Å²) in [6.07, 6.45) is 0.864. The molecule has 1 aromatic rings. The van der Waals surface area contributed by atoms with Gasteiger partial charge in [-0.15, -0.1) is 0 Å². The van der Waals surface area contributed by atoms with Crippen LogP contribution in [0.3, 0.4) is 0 Å². The summed E-state index contributed by atoms with van der Waals surface area (Å²) in [7, 11) is 4.47. The van der Waals surface area contributed by atoms with Gasteiger partial charge in [0.15, 0.2) is 0 Å². The number of carbonyl (C=O) groups excluding carboxylic acids is 2. The third-order valence-electron chi connectivity index (χ3n) is 9.11. The summed E-state index contributed by atoms with van der Waals surface area (Å²) in [5, 5.41) is 0. The van der Waals surface area contributed by atoms with Crippen molar-refractivity contribution in [2.45, 2.75) is 115 Å². The molecule has 0 radical (unpaired) electrons. The molecule has 0 aliphatic carbocycles. The van der Waals surface area contributed by atoms with Gasteiger partial charge in [-0.3, -0.25) is 9.59 Å². The van der Waals surface area contributed by atoms with Crippen molar-refractivity contribution >= 4 is 11.9 Å². The molecular weight excluding hydrogens is 596 g/mol. The molecule has 2 bridgehead atoms. The van der Waals surface area contributed by atoms with Gasteiger partial charge in [0.05, 0.1) is 43.5 Å². The van der Waals surface area contributed by atoms with Crippen LogP contribution in [-0.2, 0) is 58.8 Å². The molecule has 2 aliphatic rings. The molecule has 0 spiro atoms. The molecule has 2 fully saturated rings. The van der Waals surface area contributed by atoms with Gasteiger partial charge in [-0.2, -0.15) is 0 Å². The van der Waals surface area contributed by atoms with Gasteiger partial charge in [-0.25, -0.2) is 0 Å². The Morgan fingerprint density at radius 3 is 2.37 bits per heavy atom. The van der Waals surface area contributed by atoms with Gasteiger partial charge in [-0.05, 0) is 44.1 Å². The number of cyclic esters (lactones) is 1. The van der Waals surface area contributed by atoms with Crippen LogP contribution >= 0.6 is 0 Å². The van der Waals surface area contributed by atoms with E-state index in [-0.39, 0.29) is 57.1 Å². The van der Waals surface area contributed by atoms with Crippen LogP contribution in [0.25, 0.3) is 0 Å². The molecule has 46 heavy (non-hydrogen) atoms. The second-order valence-electron chi connectivity index (χ2n) is 12.8. The van der Waals surface area contributed by atoms with Gasteiger partial charge in [0.25, 0.3) is 0 Å². The third kappa shape index (κ3) is 11.2. The Bertz CT molecular complexity index is 1020. The topological polar surface area (TPSA) is 117 Å². The van der Waals surface area contributed by atoms with E-state index in [4.69, 9.17) is 42.6 Å².